The van der Waals surface area contributed by atoms with Crippen molar-refractivity contribution < 1.29 is 59.6 Å². The number of carboxylic acids is 1. The van der Waals surface area contributed by atoms with Gasteiger partial charge in [0, 0.05) is 25.0 Å². The van der Waals surface area contributed by atoms with Crippen molar-refractivity contribution in [2.75, 3.05) is 0 Å². The van der Waals surface area contributed by atoms with Crippen molar-refractivity contribution in [3.63, 3.8) is 0 Å². The fourth-order valence-corrected chi connectivity index (χ4v) is 3.67. The number of esters is 2. The summed E-state index contributed by atoms with van der Waals surface area (Å²) >= 11 is 0. The van der Waals surface area contributed by atoms with E-state index >= 15 is 0 Å². The molecule has 37 heavy (non-hydrogen) atoms. The molecule has 0 heterocycles. The quantitative estimate of drug-likeness (QED) is 0.156. The molecular formula is C25H24O12. The van der Waals surface area contributed by atoms with Gasteiger partial charge in [-0.15, -0.1) is 0 Å². The topological polar surface area (TPSA) is 211 Å². The number of aliphatic hydroxyl groups is 2. The third-order valence-electron chi connectivity index (χ3n) is 5.66. The molecule has 1 saturated carbocycles. The van der Waals surface area contributed by atoms with E-state index in [9.17, 15) is 50.1 Å². The Morgan fingerprint density at radius 1 is 0.784 bits per heavy atom. The molecule has 3 rings (SSSR count). The second kappa shape index (κ2) is 11.0. The molecule has 2 aromatic rings. The van der Waals surface area contributed by atoms with Gasteiger partial charge in [0.15, 0.2) is 29.1 Å². The maximum absolute atomic E-state index is 12.5. The van der Waals surface area contributed by atoms with Gasteiger partial charge in [0.1, 0.15) is 0 Å². The van der Waals surface area contributed by atoms with Crippen LogP contribution in [0.5, 0.6) is 23.0 Å². The first-order valence-corrected chi connectivity index (χ1v) is 10.8. The SMILES string of the molecule is O=C(/C=C/c1ccc(O)c(O)c1)OC1C[C@@H](O)[C@H](O)C[C@]1(OC(=O)/C=C/c1ccc(O)c(O)c1)C(=O)O. The van der Waals surface area contributed by atoms with Gasteiger partial charge in [-0.05, 0) is 47.5 Å². The van der Waals surface area contributed by atoms with Gasteiger partial charge in [0.25, 0.3) is 0 Å². The fourth-order valence-electron chi connectivity index (χ4n) is 3.67. The molecule has 0 aromatic heterocycles. The van der Waals surface area contributed by atoms with Gasteiger partial charge < -0.3 is 45.2 Å². The lowest BCUT2D eigenvalue weighted by Crippen LogP contribution is -2.62. The lowest BCUT2D eigenvalue weighted by Gasteiger charge is -2.42. The smallest absolute Gasteiger partial charge is 0.352 e. The van der Waals surface area contributed by atoms with Crippen molar-refractivity contribution in [2.24, 2.45) is 0 Å². The number of phenolic OH excluding ortho intramolecular Hbond substituents is 4. The molecule has 0 spiro atoms. The van der Waals surface area contributed by atoms with E-state index in [0.717, 1.165) is 24.3 Å². The van der Waals surface area contributed by atoms with Crippen LogP contribution in [-0.2, 0) is 23.9 Å². The third-order valence-corrected chi connectivity index (χ3v) is 5.66. The lowest BCUT2D eigenvalue weighted by atomic mass is 9.78. The number of carbonyl (C=O) groups is 3. The number of rotatable bonds is 7. The number of carbonyl (C=O) groups excluding carboxylic acids is 2. The van der Waals surface area contributed by atoms with E-state index in [4.69, 9.17) is 9.47 Å². The molecule has 1 unspecified atom stereocenters. The molecule has 0 radical (unpaired) electrons. The van der Waals surface area contributed by atoms with Crippen LogP contribution in [0.25, 0.3) is 12.2 Å². The second-order valence-electron chi connectivity index (χ2n) is 8.28. The molecule has 0 aliphatic heterocycles. The van der Waals surface area contributed by atoms with Crippen molar-refractivity contribution in [1.29, 1.82) is 0 Å². The Labute approximate surface area is 209 Å². The molecule has 196 valence electrons. The van der Waals surface area contributed by atoms with Gasteiger partial charge in [0.2, 0.25) is 5.60 Å². The van der Waals surface area contributed by atoms with E-state index in [2.05, 4.69) is 0 Å². The maximum Gasteiger partial charge on any atom is 0.352 e. The number of hydrogen-bond donors (Lipinski definition) is 7. The van der Waals surface area contributed by atoms with Crippen LogP contribution < -0.4 is 0 Å². The van der Waals surface area contributed by atoms with Gasteiger partial charge in [-0.25, -0.2) is 14.4 Å². The zero-order chi connectivity index (χ0) is 27.3. The highest BCUT2D eigenvalue weighted by molar-refractivity contribution is 5.92. The highest BCUT2D eigenvalue weighted by Gasteiger charge is 2.57. The van der Waals surface area contributed by atoms with Gasteiger partial charge in [0.05, 0.1) is 12.2 Å². The first-order valence-electron chi connectivity index (χ1n) is 10.8. The average Bonchev–Trinajstić information content (AvgIpc) is 2.83. The average molecular weight is 516 g/mol. The number of carboxylic acid groups (broad SMARTS) is 1. The summed E-state index contributed by atoms with van der Waals surface area (Å²) in [6, 6.07) is 7.38. The monoisotopic (exact) mass is 516 g/mol. The van der Waals surface area contributed by atoms with Crippen molar-refractivity contribution in [3.05, 3.63) is 59.7 Å². The Bertz CT molecular complexity index is 1250. The summed E-state index contributed by atoms with van der Waals surface area (Å²) < 4.78 is 10.4. The molecule has 4 atom stereocenters. The molecule has 12 nitrogen and oxygen atoms in total. The Balaban J connectivity index is 1.81. The Kier molecular flexibility index (Phi) is 8.05. The third kappa shape index (κ3) is 6.37. The first kappa shape index (κ1) is 27.0. The molecule has 2 aromatic carbocycles. The predicted molar refractivity (Wildman–Crippen MR) is 125 cm³/mol. The van der Waals surface area contributed by atoms with Gasteiger partial charge in [-0.1, -0.05) is 12.1 Å². The molecule has 1 fully saturated rings. The van der Waals surface area contributed by atoms with E-state index < -0.39 is 66.2 Å². The van der Waals surface area contributed by atoms with Crippen LogP contribution in [0, 0.1) is 0 Å². The van der Waals surface area contributed by atoms with Crippen LogP contribution >= 0.6 is 0 Å². The van der Waals surface area contributed by atoms with Crippen LogP contribution in [-0.4, -0.2) is 77.6 Å². The number of phenols is 4. The zero-order valence-corrected chi connectivity index (χ0v) is 19.1. The van der Waals surface area contributed by atoms with Crippen molar-refractivity contribution >= 4 is 30.1 Å². The van der Waals surface area contributed by atoms with E-state index in [0.29, 0.717) is 5.56 Å². The van der Waals surface area contributed by atoms with Crippen LogP contribution in [0.4, 0.5) is 0 Å². The molecule has 0 saturated heterocycles. The van der Waals surface area contributed by atoms with Crippen molar-refractivity contribution in [1.82, 2.24) is 0 Å². The predicted octanol–water partition coefficient (Wildman–Crippen LogP) is 1.03. The van der Waals surface area contributed by atoms with E-state index in [1.165, 1.54) is 36.4 Å². The molecule has 0 amide bonds. The molecular weight excluding hydrogens is 492 g/mol. The lowest BCUT2D eigenvalue weighted by molar-refractivity contribution is -0.217. The standard InChI is InChI=1S/C25H24O12/c26-15-5-1-13(9-17(15)28)3-7-22(32)36-21-11-19(30)20(31)12-25(21,24(34)35)37-23(33)8-4-14-2-6-16(27)18(29)10-14/h1-10,19-21,26-31H,11-12H2,(H,34,35)/b7-3+,8-4+/t19-,20-,21?,25-/m1/s1. The van der Waals surface area contributed by atoms with Crippen molar-refractivity contribution in [3.8, 4) is 23.0 Å². The largest absolute Gasteiger partial charge is 0.504 e. The van der Waals surface area contributed by atoms with Gasteiger partial charge in [-0.2, -0.15) is 0 Å². The molecule has 1 aliphatic rings. The maximum atomic E-state index is 12.5. The highest BCUT2D eigenvalue weighted by Crippen LogP contribution is 2.36. The minimum Gasteiger partial charge on any atom is -0.504 e. The molecule has 12 heteroatoms. The number of benzene rings is 2. The fraction of sp³-hybridized carbons (Fsp3) is 0.240. The summed E-state index contributed by atoms with van der Waals surface area (Å²) in [5.41, 5.74) is -1.98. The van der Waals surface area contributed by atoms with Crippen LogP contribution in [0.3, 0.4) is 0 Å². The van der Waals surface area contributed by atoms with Crippen molar-refractivity contribution in [2.45, 2.75) is 36.8 Å². The highest BCUT2D eigenvalue weighted by atomic mass is 16.6. The minimum absolute atomic E-state index is 0.268. The van der Waals surface area contributed by atoms with E-state index in [1.807, 2.05) is 0 Å². The zero-order valence-electron chi connectivity index (χ0n) is 19.1. The minimum atomic E-state index is -2.54. The van der Waals surface area contributed by atoms with Crippen LogP contribution in [0.1, 0.15) is 24.0 Å². The number of aliphatic carboxylic acids is 1. The number of ether oxygens (including phenoxy) is 2. The first-order chi connectivity index (χ1) is 17.4. The number of hydrogen-bond acceptors (Lipinski definition) is 11. The van der Waals surface area contributed by atoms with Crippen LogP contribution in [0.2, 0.25) is 0 Å². The summed E-state index contributed by atoms with van der Waals surface area (Å²) in [5.74, 6) is -5.64. The van der Waals surface area contributed by atoms with Gasteiger partial charge in [-0.3, -0.25) is 0 Å². The molecule has 0 bridgehead atoms. The summed E-state index contributed by atoms with van der Waals surface area (Å²) in [6.45, 7) is 0. The number of aromatic hydroxyl groups is 4. The summed E-state index contributed by atoms with van der Waals surface area (Å²) in [4.78, 5) is 37.2. The van der Waals surface area contributed by atoms with E-state index in [-0.39, 0.29) is 17.1 Å². The summed E-state index contributed by atoms with van der Waals surface area (Å²) in [6.07, 6.45) is -2.00. The molecule has 7 N–H and O–H groups in total. The Morgan fingerprint density at radius 2 is 1.30 bits per heavy atom. The number of aliphatic hydroxyl groups excluding tert-OH is 2. The summed E-state index contributed by atoms with van der Waals surface area (Å²) in [7, 11) is 0. The molecule has 1 aliphatic carbocycles. The Morgan fingerprint density at radius 3 is 1.78 bits per heavy atom. The Hall–Kier alpha value is -4.55. The summed E-state index contributed by atoms with van der Waals surface area (Å²) in [5, 5.41) is 67.9. The van der Waals surface area contributed by atoms with Gasteiger partial charge >= 0.3 is 17.9 Å². The normalized spacial score (nSPS) is 23.7. The second-order valence-corrected chi connectivity index (χ2v) is 8.28. The van der Waals surface area contributed by atoms with E-state index in [1.54, 1.807) is 0 Å². The van der Waals surface area contributed by atoms with Crippen LogP contribution in [0.15, 0.2) is 48.6 Å².